The number of non-ortho nitro benzene ring substituents is 1. The van der Waals surface area contributed by atoms with E-state index in [9.17, 15) is 14.9 Å². The van der Waals surface area contributed by atoms with Crippen LogP contribution in [-0.4, -0.2) is 31.7 Å². The highest BCUT2D eigenvalue weighted by Crippen LogP contribution is 2.30. The zero-order chi connectivity index (χ0) is 19.8. The van der Waals surface area contributed by atoms with Gasteiger partial charge in [-0.25, -0.2) is 0 Å². The first-order valence-corrected chi connectivity index (χ1v) is 8.40. The Bertz CT molecular complexity index is 822. The highest BCUT2D eigenvalue weighted by molar-refractivity contribution is 5.92. The molecule has 2 aromatic carbocycles. The number of ether oxygens (including phenoxy) is 3. The molecule has 0 fully saturated rings. The van der Waals surface area contributed by atoms with Crippen molar-refractivity contribution >= 4 is 17.3 Å². The molecule has 0 aromatic heterocycles. The molecular formula is C19H22N2O6. The van der Waals surface area contributed by atoms with Crippen molar-refractivity contribution < 1.29 is 23.9 Å². The van der Waals surface area contributed by atoms with E-state index in [1.807, 2.05) is 19.1 Å². The van der Waals surface area contributed by atoms with Gasteiger partial charge >= 0.3 is 0 Å². The fourth-order valence-electron chi connectivity index (χ4n) is 2.52. The molecule has 0 unspecified atom stereocenters. The maximum Gasteiger partial charge on any atom is 0.271 e. The van der Waals surface area contributed by atoms with Crippen LogP contribution in [0.25, 0.3) is 0 Å². The number of nitro groups is 1. The Morgan fingerprint density at radius 3 is 2.41 bits per heavy atom. The number of nitrogens with one attached hydrogen (secondary N) is 1. The van der Waals surface area contributed by atoms with E-state index in [4.69, 9.17) is 14.2 Å². The van der Waals surface area contributed by atoms with Crippen LogP contribution in [0.15, 0.2) is 36.4 Å². The van der Waals surface area contributed by atoms with Crippen LogP contribution < -0.4 is 19.5 Å². The maximum atomic E-state index is 12.3. The summed E-state index contributed by atoms with van der Waals surface area (Å²) in [6.07, 6.45) is 0.675. The summed E-state index contributed by atoms with van der Waals surface area (Å²) in [5, 5.41) is 13.6. The molecule has 144 valence electrons. The number of rotatable bonds is 9. The number of hydrogen-bond donors (Lipinski definition) is 1. The molecule has 0 heterocycles. The van der Waals surface area contributed by atoms with Crippen molar-refractivity contribution in [2.24, 2.45) is 0 Å². The average Bonchev–Trinajstić information content (AvgIpc) is 2.67. The standard InChI is InChI=1S/C19H22N2O6/c1-4-27-17-8-5-13(11-18(17)26-3)6-10-19(22)20-15-12-14(21(23)24)7-9-16(15)25-2/h5,7-9,11-12H,4,6,10H2,1-3H3,(H,20,22). The first kappa shape index (κ1) is 20.0. The van der Waals surface area contributed by atoms with E-state index in [1.165, 1.54) is 25.3 Å². The Labute approximate surface area is 157 Å². The Morgan fingerprint density at radius 2 is 1.78 bits per heavy atom. The zero-order valence-electron chi connectivity index (χ0n) is 15.5. The third-order valence-electron chi connectivity index (χ3n) is 3.84. The zero-order valence-corrected chi connectivity index (χ0v) is 15.5. The smallest absolute Gasteiger partial charge is 0.271 e. The molecule has 2 rings (SSSR count). The molecule has 0 saturated heterocycles. The quantitative estimate of drug-likeness (QED) is 0.532. The van der Waals surface area contributed by atoms with Crippen molar-refractivity contribution in [3.8, 4) is 17.2 Å². The van der Waals surface area contributed by atoms with Crippen LogP contribution in [0.3, 0.4) is 0 Å². The van der Waals surface area contributed by atoms with Crippen LogP contribution in [0.1, 0.15) is 18.9 Å². The van der Waals surface area contributed by atoms with E-state index in [0.29, 0.717) is 30.3 Å². The number of aryl methyl sites for hydroxylation is 1. The van der Waals surface area contributed by atoms with Crippen molar-refractivity contribution in [3.63, 3.8) is 0 Å². The van der Waals surface area contributed by atoms with Gasteiger partial charge in [-0.1, -0.05) is 6.07 Å². The fraction of sp³-hybridized carbons (Fsp3) is 0.316. The van der Waals surface area contributed by atoms with E-state index in [1.54, 1.807) is 13.2 Å². The van der Waals surface area contributed by atoms with E-state index in [-0.39, 0.29) is 23.7 Å². The normalized spacial score (nSPS) is 10.2. The van der Waals surface area contributed by atoms with E-state index < -0.39 is 4.92 Å². The highest BCUT2D eigenvalue weighted by atomic mass is 16.6. The van der Waals surface area contributed by atoms with Gasteiger partial charge in [0.05, 0.1) is 31.4 Å². The SMILES string of the molecule is CCOc1ccc(CCC(=O)Nc2cc([N+](=O)[O-])ccc2OC)cc1OC. The van der Waals surface area contributed by atoms with Gasteiger partial charge in [-0.05, 0) is 37.1 Å². The molecule has 0 aliphatic heterocycles. The molecule has 1 N–H and O–H groups in total. The molecular weight excluding hydrogens is 352 g/mol. The van der Waals surface area contributed by atoms with Crippen molar-refractivity contribution in [1.29, 1.82) is 0 Å². The van der Waals surface area contributed by atoms with Gasteiger partial charge in [0.1, 0.15) is 5.75 Å². The number of hydrogen-bond acceptors (Lipinski definition) is 6. The molecule has 0 aliphatic carbocycles. The van der Waals surface area contributed by atoms with Gasteiger partial charge in [0.2, 0.25) is 5.91 Å². The summed E-state index contributed by atoms with van der Waals surface area (Å²) < 4.78 is 15.9. The number of anilines is 1. The van der Waals surface area contributed by atoms with Gasteiger partial charge in [-0.3, -0.25) is 14.9 Å². The minimum atomic E-state index is -0.526. The lowest BCUT2D eigenvalue weighted by molar-refractivity contribution is -0.384. The molecule has 1 amide bonds. The van der Waals surface area contributed by atoms with Crippen LogP contribution in [0, 0.1) is 10.1 Å². The minimum absolute atomic E-state index is 0.123. The Hall–Kier alpha value is -3.29. The van der Waals surface area contributed by atoms with Crippen LogP contribution in [0.5, 0.6) is 17.2 Å². The lowest BCUT2D eigenvalue weighted by Crippen LogP contribution is -2.13. The number of nitro benzene ring substituents is 1. The predicted octanol–water partition coefficient (Wildman–Crippen LogP) is 3.58. The summed E-state index contributed by atoms with van der Waals surface area (Å²) >= 11 is 0. The molecule has 27 heavy (non-hydrogen) atoms. The topological polar surface area (TPSA) is 99.9 Å². The summed E-state index contributed by atoms with van der Waals surface area (Å²) in [5.41, 5.74) is 1.06. The third kappa shape index (κ3) is 5.34. The van der Waals surface area contributed by atoms with Crippen LogP contribution >= 0.6 is 0 Å². The van der Waals surface area contributed by atoms with Gasteiger partial charge in [0.25, 0.3) is 5.69 Å². The average molecular weight is 374 g/mol. The summed E-state index contributed by atoms with van der Waals surface area (Å²) in [4.78, 5) is 22.7. The molecule has 2 aromatic rings. The van der Waals surface area contributed by atoms with Crippen LogP contribution in [-0.2, 0) is 11.2 Å². The van der Waals surface area contributed by atoms with E-state index >= 15 is 0 Å². The summed E-state index contributed by atoms with van der Waals surface area (Å²) in [6.45, 7) is 2.42. The lowest BCUT2D eigenvalue weighted by Gasteiger charge is -2.12. The maximum absolute atomic E-state index is 12.3. The Balaban J connectivity index is 2.04. The lowest BCUT2D eigenvalue weighted by atomic mass is 10.1. The van der Waals surface area contributed by atoms with Crippen molar-refractivity contribution in [1.82, 2.24) is 0 Å². The molecule has 0 saturated carbocycles. The van der Waals surface area contributed by atoms with Crippen molar-refractivity contribution in [2.75, 3.05) is 26.1 Å². The predicted molar refractivity (Wildman–Crippen MR) is 101 cm³/mol. The Morgan fingerprint density at radius 1 is 1.07 bits per heavy atom. The minimum Gasteiger partial charge on any atom is -0.495 e. The monoisotopic (exact) mass is 374 g/mol. The first-order valence-electron chi connectivity index (χ1n) is 8.40. The number of methoxy groups -OCH3 is 2. The number of nitrogens with zero attached hydrogens (tertiary/aromatic N) is 1. The Kier molecular flexibility index (Phi) is 6.99. The van der Waals surface area contributed by atoms with E-state index in [2.05, 4.69) is 5.32 Å². The largest absolute Gasteiger partial charge is 0.495 e. The molecule has 0 bridgehead atoms. The second-order valence-corrected chi connectivity index (χ2v) is 5.61. The molecule has 8 heteroatoms. The van der Waals surface area contributed by atoms with Gasteiger partial charge < -0.3 is 19.5 Å². The highest BCUT2D eigenvalue weighted by Gasteiger charge is 2.14. The van der Waals surface area contributed by atoms with Gasteiger partial charge in [-0.2, -0.15) is 0 Å². The second-order valence-electron chi connectivity index (χ2n) is 5.61. The number of benzene rings is 2. The summed E-state index contributed by atoms with van der Waals surface area (Å²) in [5.74, 6) is 1.34. The molecule has 0 spiro atoms. The molecule has 8 nitrogen and oxygen atoms in total. The van der Waals surface area contributed by atoms with Gasteiger partial charge in [0.15, 0.2) is 11.5 Å². The number of amides is 1. The first-order chi connectivity index (χ1) is 13.0. The fourth-order valence-corrected chi connectivity index (χ4v) is 2.52. The van der Waals surface area contributed by atoms with Gasteiger partial charge in [-0.15, -0.1) is 0 Å². The summed E-state index contributed by atoms with van der Waals surface area (Å²) in [6, 6.07) is 9.54. The molecule has 0 atom stereocenters. The number of carbonyl (C=O) groups excluding carboxylic acids is 1. The molecule has 0 radical (unpaired) electrons. The summed E-state index contributed by atoms with van der Waals surface area (Å²) in [7, 11) is 2.99. The van der Waals surface area contributed by atoms with Crippen molar-refractivity contribution in [2.45, 2.75) is 19.8 Å². The third-order valence-corrected chi connectivity index (χ3v) is 3.84. The second kappa shape index (κ2) is 9.42. The van der Waals surface area contributed by atoms with Crippen LogP contribution in [0.4, 0.5) is 11.4 Å². The molecule has 0 aliphatic rings. The van der Waals surface area contributed by atoms with Crippen LogP contribution in [0.2, 0.25) is 0 Å². The van der Waals surface area contributed by atoms with Gasteiger partial charge in [0, 0.05) is 18.6 Å². The van der Waals surface area contributed by atoms with Crippen molar-refractivity contribution in [3.05, 3.63) is 52.1 Å². The van der Waals surface area contributed by atoms with E-state index in [0.717, 1.165) is 5.56 Å². The number of carbonyl (C=O) groups is 1.